The second kappa shape index (κ2) is 7.91. The van der Waals surface area contributed by atoms with Crippen molar-refractivity contribution in [3.8, 4) is 0 Å². The van der Waals surface area contributed by atoms with Gasteiger partial charge in [-0.15, -0.1) is 0 Å². The van der Waals surface area contributed by atoms with Gasteiger partial charge in [-0.05, 0) is 19.1 Å². The molecule has 0 radical (unpaired) electrons. The number of carbonyl (C=O) groups excluding carboxylic acids is 2. The van der Waals surface area contributed by atoms with Crippen LogP contribution in [0, 0.1) is 6.92 Å². The molecule has 2 amide bonds. The number of anilines is 1. The van der Waals surface area contributed by atoms with Crippen molar-refractivity contribution < 1.29 is 9.59 Å². The largest absolute Gasteiger partial charge is 0.354 e. The van der Waals surface area contributed by atoms with Gasteiger partial charge < -0.3 is 4.90 Å². The number of rotatable bonds is 5. The summed E-state index contributed by atoms with van der Waals surface area (Å²) < 4.78 is 0. The number of piperazine rings is 1. The van der Waals surface area contributed by atoms with E-state index in [-0.39, 0.29) is 11.8 Å². The number of imide groups is 1. The number of amides is 2. The summed E-state index contributed by atoms with van der Waals surface area (Å²) in [4.78, 5) is 40.2. The Hall–Kier alpha value is -2.80. The summed E-state index contributed by atoms with van der Waals surface area (Å²) in [6.07, 6.45) is 0. The number of aryl methyl sites for hydroxylation is 1. The van der Waals surface area contributed by atoms with E-state index in [1.807, 2.05) is 13.0 Å². The van der Waals surface area contributed by atoms with E-state index in [2.05, 4.69) is 28.6 Å². The lowest BCUT2D eigenvalue weighted by Gasteiger charge is -2.36. The molecular weight excluding hydrogens is 366 g/mol. The Labute approximate surface area is 171 Å². The molecule has 7 nitrogen and oxygen atoms in total. The molecule has 0 unspecified atom stereocenters. The molecule has 2 aliphatic rings. The molecule has 152 valence electrons. The van der Waals surface area contributed by atoms with Gasteiger partial charge in [0.15, 0.2) is 0 Å². The maximum absolute atomic E-state index is 12.5. The molecule has 4 rings (SSSR count). The standard InChI is InChI=1S/C22H27N5O2/c1-15(2)20-23-16(3)14-19(24-20)26-11-8-25(9-12-26)10-13-27-21(28)17-6-4-5-7-18(17)22(27)29/h4-7,14-15H,8-13H2,1-3H3. The van der Waals surface area contributed by atoms with E-state index in [0.717, 1.165) is 43.5 Å². The van der Waals surface area contributed by atoms with Gasteiger partial charge in [0.2, 0.25) is 0 Å². The minimum absolute atomic E-state index is 0.179. The van der Waals surface area contributed by atoms with Gasteiger partial charge in [-0.3, -0.25) is 19.4 Å². The predicted molar refractivity (Wildman–Crippen MR) is 111 cm³/mol. The monoisotopic (exact) mass is 393 g/mol. The highest BCUT2D eigenvalue weighted by atomic mass is 16.2. The maximum Gasteiger partial charge on any atom is 0.261 e. The third-order valence-electron chi connectivity index (χ3n) is 5.59. The summed E-state index contributed by atoms with van der Waals surface area (Å²) in [5, 5.41) is 0. The van der Waals surface area contributed by atoms with Crippen LogP contribution in [-0.2, 0) is 0 Å². The van der Waals surface area contributed by atoms with Crippen molar-refractivity contribution in [1.82, 2.24) is 19.8 Å². The third-order valence-corrected chi connectivity index (χ3v) is 5.59. The van der Waals surface area contributed by atoms with Gasteiger partial charge >= 0.3 is 0 Å². The first-order valence-electron chi connectivity index (χ1n) is 10.2. The predicted octanol–water partition coefficient (Wildman–Crippen LogP) is 2.33. The summed E-state index contributed by atoms with van der Waals surface area (Å²) in [6, 6.07) is 9.09. The second-order valence-corrected chi connectivity index (χ2v) is 8.02. The minimum atomic E-state index is -0.179. The van der Waals surface area contributed by atoms with Gasteiger partial charge in [0.25, 0.3) is 11.8 Å². The quantitative estimate of drug-likeness (QED) is 0.726. The number of aromatic nitrogens is 2. The molecule has 0 aliphatic carbocycles. The number of fused-ring (bicyclic) bond motifs is 1. The zero-order valence-corrected chi connectivity index (χ0v) is 17.3. The summed E-state index contributed by atoms with van der Waals surface area (Å²) in [5.74, 6) is 1.81. The average molecular weight is 393 g/mol. The lowest BCUT2D eigenvalue weighted by molar-refractivity contribution is 0.0635. The van der Waals surface area contributed by atoms with Crippen LogP contribution in [0.3, 0.4) is 0 Å². The molecule has 1 saturated heterocycles. The number of carbonyl (C=O) groups is 2. The molecule has 0 N–H and O–H groups in total. The molecule has 1 fully saturated rings. The number of hydrogen-bond donors (Lipinski definition) is 0. The van der Waals surface area contributed by atoms with Crippen molar-refractivity contribution in [3.63, 3.8) is 0 Å². The van der Waals surface area contributed by atoms with Gasteiger partial charge in [-0.2, -0.15) is 0 Å². The van der Waals surface area contributed by atoms with E-state index in [9.17, 15) is 9.59 Å². The van der Waals surface area contributed by atoms with Crippen LogP contribution in [0.4, 0.5) is 5.82 Å². The van der Waals surface area contributed by atoms with E-state index in [1.54, 1.807) is 24.3 Å². The van der Waals surface area contributed by atoms with Crippen molar-refractivity contribution >= 4 is 17.6 Å². The Morgan fingerprint density at radius 3 is 2.14 bits per heavy atom. The van der Waals surface area contributed by atoms with Crippen LogP contribution in [-0.4, -0.2) is 70.9 Å². The van der Waals surface area contributed by atoms with Crippen LogP contribution in [0.1, 0.15) is 52.0 Å². The van der Waals surface area contributed by atoms with Crippen LogP contribution < -0.4 is 4.90 Å². The van der Waals surface area contributed by atoms with E-state index < -0.39 is 0 Å². The van der Waals surface area contributed by atoms with Crippen LogP contribution in [0.2, 0.25) is 0 Å². The fourth-order valence-corrected chi connectivity index (χ4v) is 3.88. The number of benzene rings is 1. The van der Waals surface area contributed by atoms with Gasteiger partial charge in [-0.25, -0.2) is 9.97 Å². The summed E-state index contributed by atoms with van der Waals surface area (Å²) in [5.41, 5.74) is 2.02. The fourth-order valence-electron chi connectivity index (χ4n) is 3.88. The lowest BCUT2D eigenvalue weighted by Crippen LogP contribution is -2.49. The van der Waals surface area contributed by atoms with Crippen LogP contribution in [0.25, 0.3) is 0 Å². The molecule has 3 heterocycles. The van der Waals surface area contributed by atoms with Crippen molar-refractivity contribution in [2.75, 3.05) is 44.2 Å². The Kier molecular flexibility index (Phi) is 5.32. The zero-order chi connectivity index (χ0) is 20.5. The molecular formula is C22H27N5O2. The second-order valence-electron chi connectivity index (χ2n) is 8.02. The smallest absolute Gasteiger partial charge is 0.261 e. The Bertz CT molecular complexity index is 900. The van der Waals surface area contributed by atoms with Gasteiger partial charge in [0, 0.05) is 56.9 Å². The molecule has 0 atom stereocenters. The maximum atomic E-state index is 12.5. The lowest BCUT2D eigenvalue weighted by atomic mass is 10.1. The van der Waals surface area contributed by atoms with Gasteiger partial charge in [-0.1, -0.05) is 26.0 Å². The molecule has 2 aromatic rings. The molecule has 2 aliphatic heterocycles. The zero-order valence-electron chi connectivity index (χ0n) is 17.3. The first-order valence-corrected chi connectivity index (χ1v) is 10.2. The first kappa shape index (κ1) is 19.5. The van der Waals surface area contributed by atoms with Crippen molar-refractivity contribution in [3.05, 3.63) is 53.0 Å². The van der Waals surface area contributed by atoms with Crippen LogP contribution >= 0.6 is 0 Å². The van der Waals surface area contributed by atoms with Crippen molar-refractivity contribution in [2.24, 2.45) is 0 Å². The molecule has 29 heavy (non-hydrogen) atoms. The van der Waals surface area contributed by atoms with E-state index in [0.29, 0.717) is 30.1 Å². The average Bonchev–Trinajstić information content (AvgIpc) is 2.97. The third kappa shape index (κ3) is 3.87. The Balaban J connectivity index is 1.33. The van der Waals surface area contributed by atoms with Crippen LogP contribution in [0.15, 0.2) is 30.3 Å². The van der Waals surface area contributed by atoms with Gasteiger partial charge in [0.05, 0.1) is 11.1 Å². The van der Waals surface area contributed by atoms with Crippen molar-refractivity contribution in [2.45, 2.75) is 26.7 Å². The van der Waals surface area contributed by atoms with E-state index >= 15 is 0 Å². The topological polar surface area (TPSA) is 69.6 Å². The molecule has 7 heteroatoms. The Morgan fingerprint density at radius 1 is 0.931 bits per heavy atom. The SMILES string of the molecule is Cc1cc(N2CCN(CCN3C(=O)c4ccccc4C3=O)CC2)nc(C(C)C)n1. The van der Waals surface area contributed by atoms with E-state index in [4.69, 9.17) is 4.98 Å². The molecule has 0 saturated carbocycles. The van der Waals surface area contributed by atoms with Gasteiger partial charge in [0.1, 0.15) is 11.6 Å². The summed E-state index contributed by atoms with van der Waals surface area (Å²) >= 11 is 0. The highest BCUT2D eigenvalue weighted by molar-refractivity contribution is 6.21. The normalized spacial score (nSPS) is 17.4. The minimum Gasteiger partial charge on any atom is -0.354 e. The number of hydrogen-bond acceptors (Lipinski definition) is 6. The summed E-state index contributed by atoms with van der Waals surface area (Å²) in [6.45, 7) is 10.8. The Morgan fingerprint density at radius 2 is 1.55 bits per heavy atom. The molecule has 0 spiro atoms. The van der Waals surface area contributed by atoms with Crippen molar-refractivity contribution in [1.29, 1.82) is 0 Å². The molecule has 1 aromatic heterocycles. The van der Waals surface area contributed by atoms with Crippen LogP contribution in [0.5, 0.6) is 0 Å². The number of nitrogens with zero attached hydrogens (tertiary/aromatic N) is 5. The highest BCUT2D eigenvalue weighted by Gasteiger charge is 2.35. The molecule has 0 bridgehead atoms. The van der Waals surface area contributed by atoms with E-state index in [1.165, 1.54) is 4.90 Å². The molecule has 1 aromatic carbocycles. The first-order chi connectivity index (χ1) is 13.9. The fraction of sp³-hybridized carbons (Fsp3) is 0.455. The highest BCUT2D eigenvalue weighted by Crippen LogP contribution is 2.22. The summed E-state index contributed by atoms with van der Waals surface area (Å²) in [7, 11) is 0.